The van der Waals surface area contributed by atoms with Crippen LogP contribution in [0.1, 0.15) is 93.4 Å². The molecular weight excluding hydrogens is 300 g/mol. The molecule has 0 aromatic carbocycles. The molecule has 3 aliphatic carbocycles. The zero-order valence-electron chi connectivity index (χ0n) is 18.3. The van der Waals surface area contributed by atoms with E-state index < -0.39 is 0 Å². The standard InChI is InChI=1S/C25H46/c1-8-20-10-15(3)22(20)11-17(5)24-14-19(7)25(24)13-18(6)23-12-16(4)21(23)9-2/h15-25H,8-14H2,1-7H3. The van der Waals surface area contributed by atoms with Crippen LogP contribution in [0, 0.1) is 65.1 Å². The maximum Gasteiger partial charge on any atom is -0.0355 e. The summed E-state index contributed by atoms with van der Waals surface area (Å²) >= 11 is 0. The molecule has 3 saturated carbocycles. The van der Waals surface area contributed by atoms with Crippen molar-refractivity contribution in [2.45, 2.75) is 93.4 Å². The van der Waals surface area contributed by atoms with Gasteiger partial charge in [0.2, 0.25) is 0 Å². The maximum absolute atomic E-state index is 2.60. The molecule has 3 rings (SSSR count). The lowest BCUT2D eigenvalue weighted by molar-refractivity contribution is -0.0364. The second-order valence-corrected chi connectivity index (χ2v) is 11.0. The van der Waals surface area contributed by atoms with Crippen LogP contribution >= 0.6 is 0 Å². The van der Waals surface area contributed by atoms with Crippen LogP contribution in [0.2, 0.25) is 0 Å². The summed E-state index contributed by atoms with van der Waals surface area (Å²) in [6.07, 6.45) is 10.4. The van der Waals surface area contributed by atoms with Gasteiger partial charge >= 0.3 is 0 Å². The fourth-order valence-electron chi connectivity index (χ4n) is 7.63. The van der Waals surface area contributed by atoms with Gasteiger partial charge in [-0.05, 0) is 97.2 Å². The van der Waals surface area contributed by atoms with Crippen molar-refractivity contribution in [3.05, 3.63) is 0 Å². The zero-order chi connectivity index (χ0) is 18.3. The maximum atomic E-state index is 2.60. The van der Waals surface area contributed by atoms with Gasteiger partial charge in [0.1, 0.15) is 0 Å². The lowest BCUT2D eigenvalue weighted by atomic mass is 9.52. The van der Waals surface area contributed by atoms with Crippen molar-refractivity contribution in [3.8, 4) is 0 Å². The van der Waals surface area contributed by atoms with Crippen molar-refractivity contribution in [2.75, 3.05) is 0 Å². The van der Waals surface area contributed by atoms with Crippen LogP contribution in [0.3, 0.4) is 0 Å². The third kappa shape index (κ3) is 3.70. The van der Waals surface area contributed by atoms with Gasteiger partial charge in [-0.2, -0.15) is 0 Å². The van der Waals surface area contributed by atoms with E-state index in [-0.39, 0.29) is 0 Å². The molecule has 0 aliphatic heterocycles. The van der Waals surface area contributed by atoms with Gasteiger partial charge in [0.15, 0.2) is 0 Å². The second kappa shape index (κ2) is 7.93. The Morgan fingerprint density at radius 3 is 1.56 bits per heavy atom. The summed E-state index contributed by atoms with van der Waals surface area (Å²) in [6.45, 7) is 17.6. The Hall–Kier alpha value is 0. The summed E-state index contributed by atoms with van der Waals surface area (Å²) in [6, 6.07) is 0. The fourth-order valence-corrected chi connectivity index (χ4v) is 7.63. The molecule has 0 amide bonds. The van der Waals surface area contributed by atoms with E-state index in [1.807, 2.05) is 0 Å². The van der Waals surface area contributed by atoms with Crippen LogP contribution < -0.4 is 0 Å². The minimum atomic E-state index is 0.967. The van der Waals surface area contributed by atoms with Crippen LogP contribution in [0.25, 0.3) is 0 Å². The Bertz CT molecular complexity index is 426. The van der Waals surface area contributed by atoms with Gasteiger partial charge in [0.05, 0.1) is 0 Å². The molecular formula is C25H46. The van der Waals surface area contributed by atoms with Crippen molar-refractivity contribution in [1.82, 2.24) is 0 Å². The summed E-state index contributed by atoms with van der Waals surface area (Å²) in [7, 11) is 0. The first-order valence-corrected chi connectivity index (χ1v) is 11.9. The van der Waals surface area contributed by atoms with Gasteiger partial charge in [0, 0.05) is 0 Å². The average Bonchev–Trinajstić information content (AvgIpc) is 2.57. The number of hydrogen-bond donors (Lipinski definition) is 0. The highest BCUT2D eigenvalue weighted by atomic mass is 14.5. The number of rotatable bonds is 8. The lowest BCUT2D eigenvalue weighted by Gasteiger charge is -2.53. The molecule has 146 valence electrons. The highest BCUT2D eigenvalue weighted by Gasteiger charge is 2.47. The first-order valence-electron chi connectivity index (χ1n) is 11.9. The van der Waals surface area contributed by atoms with E-state index in [4.69, 9.17) is 0 Å². The van der Waals surface area contributed by atoms with E-state index in [2.05, 4.69) is 48.5 Å². The first-order chi connectivity index (χ1) is 11.9. The van der Waals surface area contributed by atoms with Crippen LogP contribution in [-0.2, 0) is 0 Å². The largest absolute Gasteiger partial charge is 0.0651 e. The molecule has 0 saturated heterocycles. The van der Waals surface area contributed by atoms with Crippen LogP contribution in [0.5, 0.6) is 0 Å². The van der Waals surface area contributed by atoms with E-state index in [0.717, 1.165) is 65.1 Å². The van der Waals surface area contributed by atoms with Gasteiger partial charge in [-0.25, -0.2) is 0 Å². The van der Waals surface area contributed by atoms with Gasteiger partial charge < -0.3 is 0 Å². The van der Waals surface area contributed by atoms with Gasteiger partial charge in [0.25, 0.3) is 0 Å². The van der Waals surface area contributed by atoms with Gasteiger partial charge in [-0.1, -0.05) is 61.3 Å². The highest BCUT2D eigenvalue weighted by molar-refractivity contribution is 4.96. The molecule has 0 heterocycles. The molecule has 3 fully saturated rings. The molecule has 11 atom stereocenters. The van der Waals surface area contributed by atoms with E-state index in [1.54, 1.807) is 0 Å². The molecule has 11 unspecified atom stereocenters. The zero-order valence-corrected chi connectivity index (χ0v) is 18.3. The molecule has 0 radical (unpaired) electrons. The van der Waals surface area contributed by atoms with Crippen LogP contribution in [0.4, 0.5) is 0 Å². The van der Waals surface area contributed by atoms with E-state index in [1.165, 1.54) is 44.9 Å². The van der Waals surface area contributed by atoms with Crippen molar-refractivity contribution >= 4 is 0 Å². The summed E-state index contributed by atoms with van der Waals surface area (Å²) in [4.78, 5) is 0. The smallest absolute Gasteiger partial charge is 0.0355 e. The second-order valence-electron chi connectivity index (χ2n) is 11.0. The molecule has 3 aliphatic rings. The van der Waals surface area contributed by atoms with Crippen molar-refractivity contribution < 1.29 is 0 Å². The summed E-state index contributed by atoms with van der Waals surface area (Å²) in [5.74, 6) is 11.2. The minimum absolute atomic E-state index is 0.967. The molecule has 0 heteroatoms. The van der Waals surface area contributed by atoms with E-state index in [0.29, 0.717) is 0 Å². The molecule has 0 spiro atoms. The quantitative estimate of drug-likeness (QED) is 0.423. The monoisotopic (exact) mass is 346 g/mol. The van der Waals surface area contributed by atoms with Crippen LogP contribution in [-0.4, -0.2) is 0 Å². The van der Waals surface area contributed by atoms with E-state index >= 15 is 0 Å². The first kappa shape index (κ1) is 19.8. The fraction of sp³-hybridized carbons (Fsp3) is 1.00. The summed E-state index contributed by atoms with van der Waals surface area (Å²) < 4.78 is 0. The van der Waals surface area contributed by atoms with Crippen molar-refractivity contribution in [1.29, 1.82) is 0 Å². The van der Waals surface area contributed by atoms with Gasteiger partial charge in [-0.3, -0.25) is 0 Å². The van der Waals surface area contributed by atoms with Gasteiger partial charge in [-0.15, -0.1) is 0 Å². The third-order valence-corrected chi connectivity index (χ3v) is 9.61. The third-order valence-electron chi connectivity index (χ3n) is 9.61. The Balaban J connectivity index is 1.51. The Labute approximate surface area is 158 Å². The van der Waals surface area contributed by atoms with E-state index in [9.17, 15) is 0 Å². The molecule has 0 N–H and O–H groups in total. The lowest BCUT2D eigenvalue weighted by Crippen LogP contribution is -2.45. The topological polar surface area (TPSA) is 0 Å². The molecule has 0 aromatic heterocycles. The minimum Gasteiger partial charge on any atom is -0.0651 e. The molecule has 0 nitrogen and oxygen atoms in total. The average molecular weight is 347 g/mol. The predicted molar refractivity (Wildman–Crippen MR) is 110 cm³/mol. The molecule has 25 heavy (non-hydrogen) atoms. The highest BCUT2D eigenvalue weighted by Crippen LogP contribution is 2.55. The summed E-state index contributed by atoms with van der Waals surface area (Å²) in [5, 5.41) is 0. The SMILES string of the molecule is CCC1CC(C)C1CC(C)C1CC(C)C1CC(C)C1CC(C)C1CC. The summed E-state index contributed by atoms with van der Waals surface area (Å²) in [5.41, 5.74) is 0. The van der Waals surface area contributed by atoms with Crippen molar-refractivity contribution in [2.24, 2.45) is 65.1 Å². The predicted octanol–water partition coefficient (Wildman–Crippen LogP) is 7.68. The Morgan fingerprint density at radius 2 is 1.12 bits per heavy atom. The normalized spacial score (nSPS) is 48.8. The van der Waals surface area contributed by atoms with Crippen molar-refractivity contribution in [3.63, 3.8) is 0 Å². The van der Waals surface area contributed by atoms with Crippen LogP contribution in [0.15, 0.2) is 0 Å². The Morgan fingerprint density at radius 1 is 0.640 bits per heavy atom. The number of hydrogen-bond acceptors (Lipinski definition) is 0. The molecule has 0 aromatic rings. The Kier molecular flexibility index (Phi) is 6.27. The molecule has 0 bridgehead atoms.